The van der Waals surface area contributed by atoms with Crippen LogP contribution in [0.5, 0.6) is 0 Å². The number of carbonyl (C=O) groups is 2. The van der Waals surface area contributed by atoms with E-state index < -0.39 is 5.97 Å². The van der Waals surface area contributed by atoms with E-state index in [-0.39, 0.29) is 17.7 Å². The fraction of sp³-hybridized carbons (Fsp3) is 0.867. The largest absolute Gasteiger partial charge is 0.481 e. The van der Waals surface area contributed by atoms with Gasteiger partial charge in [-0.2, -0.15) is 0 Å². The Morgan fingerprint density at radius 3 is 2.35 bits per heavy atom. The van der Waals surface area contributed by atoms with Crippen molar-refractivity contribution >= 4 is 11.9 Å². The van der Waals surface area contributed by atoms with Crippen molar-refractivity contribution in [3.05, 3.63) is 0 Å². The number of hydrogen-bond acceptors (Lipinski definition) is 3. The van der Waals surface area contributed by atoms with Crippen LogP contribution < -0.4 is 11.1 Å². The molecule has 1 atom stereocenters. The average molecular weight is 284 g/mol. The monoisotopic (exact) mass is 284 g/mol. The van der Waals surface area contributed by atoms with Gasteiger partial charge in [0.05, 0.1) is 5.41 Å². The van der Waals surface area contributed by atoms with Gasteiger partial charge in [0, 0.05) is 19.5 Å². The minimum atomic E-state index is -0.753. The van der Waals surface area contributed by atoms with Crippen molar-refractivity contribution in [1.82, 2.24) is 5.32 Å². The van der Waals surface area contributed by atoms with Gasteiger partial charge in [0.1, 0.15) is 0 Å². The molecule has 1 aliphatic carbocycles. The van der Waals surface area contributed by atoms with Crippen LogP contribution in [0.1, 0.15) is 52.4 Å². The Labute approximate surface area is 121 Å². The van der Waals surface area contributed by atoms with E-state index in [1.54, 1.807) is 0 Å². The first-order valence-corrected chi connectivity index (χ1v) is 7.61. The van der Waals surface area contributed by atoms with Crippen molar-refractivity contribution in [2.45, 2.75) is 52.4 Å². The van der Waals surface area contributed by atoms with E-state index in [0.29, 0.717) is 31.3 Å². The lowest BCUT2D eigenvalue weighted by Crippen LogP contribution is -2.50. The molecule has 0 saturated heterocycles. The second-order valence-corrected chi connectivity index (χ2v) is 6.32. The normalized spacial score (nSPS) is 18.4. The first-order chi connectivity index (χ1) is 9.41. The first kappa shape index (κ1) is 17.0. The molecule has 0 aromatic rings. The summed E-state index contributed by atoms with van der Waals surface area (Å²) in [6.07, 6.45) is 4.56. The number of rotatable bonds is 9. The summed E-state index contributed by atoms with van der Waals surface area (Å²) in [7, 11) is 0. The SMILES string of the molecule is CC(C)C(CCNC(=O)C1(CN)CCC1)CCC(=O)O. The number of carbonyl (C=O) groups excluding carboxylic acids is 1. The third-order valence-electron chi connectivity index (χ3n) is 4.66. The van der Waals surface area contributed by atoms with Crippen LogP contribution in [0, 0.1) is 17.3 Å². The molecule has 0 aromatic heterocycles. The lowest BCUT2D eigenvalue weighted by molar-refractivity contribution is -0.138. The molecule has 1 amide bonds. The van der Waals surface area contributed by atoms with Gasteiger partial charge < -0.3 is 16.2 Å². The Kier molecular flexibility index (Phi) is 6.46. The highest BCUT2D eigenvalue weighted by Crippen LogP contribution is 2.40. The van der Waals surface area contributed by atoms with E-state index in [2.05, 4.69) is 19.2 Å². The highest BCUT2D eigenvalue weighted by atomic mass is 16.4. The van der Waals surface area contributed by atoms with Gasteiger partial charge in [-0.25, -0.2) is 0 Å². The zero-order valence-corrected chi connectivity index (χ0v) is 12.7. The number of nitrogens with two attached hydrogens (primary N) is 1. The number of hydrogen-bond donors (Lipinski definition) is 3. The van der Waals surface area contributed by atoms with Crippen molar-refractivity contribution in [1.29, 1.82) is 0 Å². The van der Waals surface area contributed by atoms with Crippen LogP contribution in [0.4, 0.5) is 0 Å². The van der Waals surface area contributed by atoms with Gasteiger partial charge >= 0.3 is 5.97 Å². The molecule has 0 aromatic carbocycles. The van der Waals surface area contributed by atoms with Crippen molar-refractivity contribution in [3.63, 3.8) is 0 Å². The van der Waals surface area contributed by atoms with Crippen LogP contribution in [0.25, 0.3) is 0 Å². The van der Waals surface area contributed by atoms with Crippen LogP contribution in [0.2, 0.25) is 0 Å². The predicted molar refractivity (Wildman–Crippen MR) is 78.2 cm³/mol. The Morgan fingerprint density at radius 1 is 1.30 bits per heavy atom. The molecule has 0 aliphatic heterocycles. The molecule has 1 unspecified atom stereocenters. The van der Waals surface area contributed by atoms with Gasteiger partial charge in [-0.1, -0.05) is 20.3 Å². The number of nitrogens with one attached hydrogen (secondary N) is 1. The maximum Gasteiger partial charge on any atom is 0.303 e. The van der Waals surface area contributed by atoms with Crippen molar-refractivity contribution in [2.24, 2.45) is 23.0 Å². The second kappa shape index (κ2) is 7.62. The standard InChI is InChI=1S/C15H28N2O3/c1-11(2)12(4-5-13(18)19)6-9-17-14(20)15(10-16)7-3-8-15/h11-12H,3-10,16H2,1-2H3,(H,17,20)(H,18,19). The lowest BCUT2D eigenvalue weighted by Gasteiger charge is -2.39. The summed E-state index contributed by atoms with van der Waals surface area (Å²) in [4.78, 5) is 22.8. The lowest BCUT2D eigenvalue weighted by atomic mass is 9.68. The smallest absolute Gasteiger partial charge is 0.303 e. The molecule has 116 valence electrons. The summed E-state index contributed by atoms with van der Waals surface area (Å²) in [6.45, 7) is 5.23. The summed E-state index contributed by atoms with van der Waals surface area (Å²) in [5, 5.41) is 11.7. The number of carboxylic acid groups (broad SMARTS) is 1. The molecule has 1 fully saturated rings. The molecular weight excluding hydrogens is 256 g/mol. The van der Waals surface area contributed by atoms with Crippen LogP contribution in [0.3, 0.4) is 0 Å². The molecule has 1 saturated carbocycles. The van der Waals surface area contributed by atoms with E-state index >= 15 is 0 Å². The van der Waals surface area contributed by atoms with Gasteiger partial charge in [-0.3, -0.25) is 9.59 Å². The molecule has 20 heavy (non-hydrogen) atoms. The quantitative estimate of drug-likeness (QED) is 0.601. The fourth-order valence-corrected chi connectivity index (χ4v) is 2.81. The average Bonchev–Trinajstić information content (AvgIpc) is 2.32. The zero-order chi connectivity index (χ0) is 15.2. The molecule has 0 radical (unpaired) electrons. The molecule has 5 heteroatoms. The topological polar surface area (TPSA) is 92.4 Å². The molecule has 1 rings (SSSR count). The van der Waals surface area contributed by atoms with Crippen molar-refractivity contribution in [3.8, 4) is 0 Å². The minimum Gasteiger partial charge on any atom is -0.481 e. The van der Waals surface area contributed by atoms with E-state index in [9.17, 15) is 9.59 Å². The number of aliphatic carboxylic acids is 1. The molecule has 0 bridgehead atoms. The third-order valence-corrected chi connectivity index (χ3v) is 4.66. The van der Waals surface area contributed by atoms with E-state index in [4.69, 9.17) is 10.8 Å². The predicted octanol–water partition coefficient (Wildman–Crippen LogP) is 1.76. The van der Waals surface area contributed by atoms with E-state index in [1.165, 1.54) is 0 Å². The summed E-state index contributed by atoms with van der Waals surface area (Å²) in [6, 6.07) is 0. The second-order valence-electron chi connectivity index (χ2n) is 6.32. The molecule has 0 spiro atoms. The Hall–Kier alpha value is -1.10. The highest BCUT2D eigenvalue weighted by molar-refractivity contribution is 5.83. The van der Waals surface area contributed by atoms with Crippen LogP contribution in [-0.4, -0.2) is 30.1 Å². The molecular formula is C15H28N2O3. The Morgan fingerprint density at radius 2 is 1.95 bits per heavy atom. The maximum absolute atomic E-state index is 12.1. The van der Waals surface area contributed by atoms with E-state index in [0.717, 1.165) is 25.7 Å². The highest BCUT2D eigenvalue weighted by Gasteiger charge is 2.42. The summed E-state index contributed by atoms with van der Waals surface area (Å²) < 4.78 is 0. The Bertz CT molecular complexity index is 333. The summed E-state index contributed by atoms with van der Waals surface area (Å²) >= 11 is 0. The van der Waals surface area contributed by atoms with Gasteiger partial charge in [0.25, 0.3) is 0 Å². The number of amides is 1. The van der Waals surface area contributed by atoms with Crippen molar-refractivity contribution in [2.75, 3.05) is 13.1 Å². The maximum atomic E-state index is 12.1. The molecule has 1 aliphatic rings. The van der Waals surface area contributed by atoms with Gasteiger partial charge in [-0.05, 0) is 37.5 Å². The summed E-state index contributed by atoms with van der Waals surface area (Å²) in [5.41, 5.74) is 5.38. The van der Waals surface area contributed by atoms with Crippen LogP contribution >= 0.6 is 0 Å². The Balaban J connectivity index is 2.33. The third kappa shape index (κ3) is 4.47. The summed E-state index contributed by atoms with van der Waals surface area (Å²) in [5.74, 6) is 0.0864. The zero-order valence-electron chi connectivity index (χ0n) is 12.7. The molecule has 0 heterocycles. The van der Waals surface area contributed by atoms with Crippen molar-refractivity contribution < 1.29 is 14.7 Å². The molecule has 5 nitrogen and oxygen atoms in total. The van der Waals surface area contributed by atoms with Crippen LogP contribution in [-0.2, 0) is 9.59 Å². The van der Waals surface area contributed by atoms with Gasteiger partial charge in [0.2, 0.25) is 5.91 Å². The van der Waals surface area contributed by atoms with Gasteiger partial charge in [0.15, 0.2) is 0 Å². The number of carboxylic acids is 1. The van der Waals surface area contributed by atoms with E-state index in [1.807, 2.05) is 0 Å². The minimum absolute atomic E-state index is 0.0759. The van der Waals surface area contributed by atoms with Gasteiger partial charge in [-0.15, -0.1) is 0 Å². The first-order valence-electron chi connectivity index (χ1n) is 7.61. The molecule has 4 N–H and O–H groups in total. The van der Waals surface area contributed by atoms with Crippen LogP contribution in [0.15, 0.2) is 0 Å². The fourth-order valence-electron chi connectivity index (χ4n) is 2.81.